The summed E-state index contributed by atoms with van der Waals surface area (Å²) in [5.74, 6) is 0.503. The molecule has 3 aromatic rings. The van der Waals surface area contributed by atoms with Gasteiger partial charge in [0.1, 0.15) is 11.8 Å². The Labute approximate surface area is 173 Å². The van der Waals surface area contributed by atoms with Crippen LogP contribution in [0, 0.1) is 0 Å². The van der Waals surface area contributed by atoms with Crippen molar-refractivity contribution in [3.63, 3.8) is 0 Å². The summed E-state index contributed by atoms with van der Waals surface area (Å²) >= 11 is 0. The molecule has 3 aromatic carbocycles. The summed E-state index contributed by atoms with van der Waals surface area (Å²) in [7, 11) is 5.87. The van der Waals surface area contributed by atoms with Gasteiger partial charge < -0.3 is 15.0 Å². The molecule has 4 nitrogen and oxygen atoms in total. The van der Waals surface area contributed by atoms with Crippen LogP contribution in [0.3, 0.4) is 0 Å². The molecule has 0 bridgehead atoms. The van der Waals surface area contributed by atoms with Crippen LogP contribution in [-0.2, 0) is 4.79 Å². The summed E-state index contributed by atoms with van der Waals surface area (Å²) < 4.78 is 5.37. The van der Waals surface area contributed by atoms with Gasteiger partial charge in [-0.2, -0.15) is 0 Å². The number of nitrogens with one attached hydrogen (secondary N) is 2. The zero-order valence-electron chi connectivity index (χ0n) is 17.3. The number of carbonyl (C=O) groups excluding carboxylic acids is 1. The van der Waals surface area contributed by atoms with Crippen LogP contribution in [0.15, 0.2) is 84.9 Å². The van der Waals surface area contributed by atoms with Gasteiger partial charge >= 0.3 is 0 Å². The van der Waals surface area contributed by atoms with E-state index in [1.165, 1.54) is 4.90 Å². The van der Waals surface area contributed by atoms with Gasteiger partial charge in [-0.05, 0) is 23.3 Å². The highest BCUT2D eigenvalue weighted by molar-refractivity contribution is 5.87. The van der Waals surface area contributed by atoms with Gasteiger partial charge in [0, 0.05) is 5.56 Å². The Morgan fingerprint density at radius 3 is 1.93 bits per heavy atom. The maximum Gasteiger partial charge on any atom is 0.232 e. The van der Waals surface area contributed by atoms with Gasteiger partial charge in [0.05, 0.1) is 33.7 Å². The molecular formula is C25H29N2O2+. The maximum atomic E-state index is 13.3. The average Bonchev–Trinajstić information content (AvgIpc) is 2.75. The van der Waals surface area contributed by atoms with E-state index < -0.39 is 0 Å². The second-order valence-electron chi connectivity index (χ2n) is 7.41. The highest BCUT2D eigenvalue weighted by Gasteiger charge is 2.25. The first kappa shape index (κ1) is 20.6. The van der Waals surface area contributed by atoms with E-state index in [0.29, 0.717) is 6.54 Å². The molecule has 1 atom stereocenters. The Morgan fingerprint density at radius 1 is 0.862 bits per heavy atom. The Kier molecular flexibility index (Phi) is 7.04. The molecular weight excluding hydrogens is 360 g/mol. The number of rotatable bonds is 8. The van der Waals surface area contributed by atoms with Crippen molar-refractivity contribution >= 4 is 5.91 Å². The summed E-state index contributed by atoms with van der Waals surface area (Å²) in [5.41, 5.74) is 3.12. The zero-order chi connectivity index (χ0) is 20.6. The quantitative estimate of drug-likeness (QED) is 0.622. The van der Waals surface area contributed by atoms with E-state index in [0.717, 1.165) is 22.4 Å². The molecule has 0 unspecified atom stereocenters. The molecule has 29 heavy (non-hydrogen) atoms. The lowest BCUT2D eigenvalue weighted by atomic mass is 9.90. The summed E-state index contributed by atoms with van der Waals surface area (Å²) in [5, 5.41) is 3.20. The van der Waals surface area contributed by atoms with Crippen LogP contribution in [0.1, 0.15) is 28.7 Å². The lowest BCUT2D eigenvalue weighted by Crippen LogP contribution is -3.07. The Morgan fingerprint density at radius 2 is 1.41 bits per heavy atom. The van der Waals surface area contributed by atoms with E-state index in [-0.39, 0.29) is 17.9 Å². The maximum absolute atomic E-state index is 13.3. The number of quaternary nitrogens is 1. The fourth-order valence-electron chi connectivity index (χ4n) is 3.60. The van der Waals surface area contributed by atoms with Crippen LogP contribution in [0.5, 0.6) is 5.75 Å². The number of ether oxygens (including phenoxy) is 1. The number of hydrogen-bond acceptors (Lipinski definition) is 2. The van der Waals surface area contributed by atoms with Crippen LogP contribution < -0.4 is 15.0 Å². The number of methoxy groups -OCH3 is 1. The van der Waals surface area contributed by atoms with Crippen LogP contribution >= 0.6 is 0 Å². The first-order chi connectivity index (χ1) is 14.1. The fourth-order valence-corrected chi connectivity index (χ4v) is 3.60. The number of hydrogen-bond donors (Lipinski definition) is 2. The Bertz CT molecular complexity index is 871. The summed E-state index contributed by atoms with van der Waals surface area (Å²) in [4.78, 5) is 14.5. The molecule has 0 saturated carbocycles. The number of carbonyl (C=O) groups is 1. The van der Waals surface area contributed by atoms with Crippen LogP contribution in [0.4, 0.5) is 0 Å². The van der Waals surface area contributed by atoms with E-state index in [1.807, 2.05) is 78.9 Å². The van der Waals surface area contributed by atoms with Gasteiger partial charge in [-0.3, -0.25) is 4.79 Å². The normalized spacial score (nSPS) is 12.0. The van der Waals surface area contributed by atoms with Crippen molar-refractivity contribution in [3.8, 4) is 5.75 Å². The van der Waals surface area contributed by atoms with Crippen LogP contribution in [-0.4, -0.2) is 33.7 Å². The third-order valence-corrected chi connectivity index (χ3v) is 5.20. The van der Waals surface area contributed by atoms with E-state index in [4.69, 9.17) is 4.74 Å². The van der Waals surface area contributed by atoms with Crippen LogP contribution in [0.2, 0.25) is 0 Å². The third-order valence-electron chi connectivity index (χ3n) is 5.20. The molecule has 0 aliphatic carbocycles. The van der Waals surface area contributed by atoms with Crippen molar-refractivity contribution in [3.05, 3.63) is 102 Å². The van der Waals surface area contributed by atoms with Gasteiger partial charge in [-0.25, -0.2) is 0 Å². The fraction of sp³-hybridized carbons (Fsp3) is 0.240. The summed E-state index contributed by atoms with van der Waals surface area (Å²) in [6.07, 6.45) is 0. The van der Waals surface area contributed by atoms with E-state index in [2.05, 4.69) is 25.5 Å². The molecule has 0 aromatic heterocycles. The number of amides is 1. The minimum absolute atomic E-state index is 0.0107. The molecule has 150 valence electrons. The lowest BCUT2D eigenvalue weighted by Gasteiger charge is -2.24. The van der Waals surface area contributed by atoms with Gasteiger partial charge in [0.25, 0.3) is 0 Å². The molecule has 0 aliphatic heterocycles. The molecule has 2 N–H and O–H groups in total. The molecule has 0 radical (unpaired) electrons. The Hall–Kier alpha value is -3.11. The Balaban J connectivity index is 1.81. The van der Waals surface area contributed by atoms with Gasteiger partial charge in [0.2, 0.25) is 5.91 Å². The van der Waals surface area contributed by atoms with Gasteiger partial charge in [0.15, 0.2) is 0 Å². The molecule has 3 rings (SSSR count). The number of benzene rings is 3. The molecule has 4 heteroatoms. The van der Waals surface area contributed by atoms with E-state index in [9.17, 15) is 4.79 Å². The van der Waals surface area contributed by atoms with Gasteiger partial charge in [-0.15, -0.1) is 0 Å². The van der Waals surface area contributed by atoms with Crippen molar-refractivity contribution in [1.29, 1.82) is 0 Å². The van der Waals surface area contributed by atoms with Crippen molar-refractivity contribution in [2.24, 2.45) is 0 Å². The lowest BCUT2D eigenvalue weighted by molar-refractivity contribution is -0.890. The minimum atomic E-state index is -0.333. The number of likely N-dealkylation sites (N-methyl/N-ethyl adjacent to an activating group) is 1. The first-order valence-corrected chi connectivity index (χ1v) is 9.91. The van der Waals surface area contributed by atoms with E-state index >= 15 is 0 Å². The SMILES string of the molecule is COc1cccc([C@@H](CNC(=O)C(c2ccccc2)c2ccccc2)[NH+](C)C)c1. The molecule has 0 saturated heterocycles. The second kappa shape index (κ2) is 9.89. The van der Waals surface area contributed by atoms with Crippen molar-refractivity contribution in [2.75, 3.05) is 27.7 Å². The third kappa shape index (κ3) is 5.24. The standard InChI is InChI=1S/C25H28N2O2/c1-27(2)23(21-15-10-16-22(17-21)29-3)18-26-25(28)24(19-11-6-4-7-12-19)20-13-8-5-9-14-20/h4-17,23-24H,18H2,1-3H3,(H,26,28)/p+1/t23-/m1/s1. The smallest absolute Gasteiger partial charge is 0.232 e. The van der Waals surface area contributed by atoms with E-state index in [1.54, 1.807) is 7.11 Å². The highest BCUT2D eigenvalue weighted by atomic mass is 16.5. The predicted molar refractivity (Wildman–Crippen MR) is 116 cm³/mol. The zero-order valence-corrected chi connectivity index (χ0v) is 17.3. The molecule has 0 fully saturated rings. The van der Waals surface area contributed by atoms with Crippen LogP contribution in [0.25, 0.3) is 0 Å². The van der Waals surface area contributed by atoms with Crippen molar-refractivity contribution in [1.82, 2.24) is 5.32 Å². The van der Waals surface area contributed by atoms with Crippen molar-refractivity contribution in [2.45, 2.75) is 12.0 Å². The topological polar surface area (TPSA) is 42.8 Å². The molecule has 0 heterocycles. The second-order valence-corrected chi connectivity index (χ2v) is 7.41. The van der Waals surface area contributed by atoms with Gasteiger partial charge in [-0.1, -0.05) is 72.8 Å². The highest BCUT2D eigenvalue weighted by Crippen LogP contribution is 2.25. The predicted octanol–water partition coefficient (Wildman–Crippen LogP) is 2.83. The summed E-state index contributed by atoms with van der Waals surface area (Å²) in [6, 6.07) is 28.0. The first-order valence-electron chi connectivity index (χ1n) is 9.91. The monoisotopic (exact) mass is 389 g/mol. The molecule has 1 amide bonds. The van der Waals surface area contributed by atoms with Crippen molar-refractivity contribution < 1.29 is 14.4 Å². The summed E-state index contributed by atoms with van der Waals surface area (Å²) in [6.45, 7) is 0.546. The minimum Gasteiger partial charge on any atom is -0.497 e. The average molecular weight is 390 g/mol. The molecule has 0 aliphatic rings. The molecule has 0 spiro atoms. The largest absolute Gasteiger partial charge is 0.497 e.